The van der Waals surface area contributed by atoms with Crippen LogP contribution >= 0.6 is 0 Å². The molecule has 1 N–H and O–H groups in total. The maximum absolute atomic E-state index is 13.4. The number of carbonyl (C=O) groups is 2. The summed E-state index contributed by atoms with van der Waals surface area (Å²) in [5.74, 6) is -0.114. The molecule has 2 aromatic carbocycles. The lowest BCUT2D eigenvalue weighted by molar-refractivity contribution is -0.137. The minimum absolute atomic E-state index is 0.0953. The van der Waals surface area contributed by atoms with Crippen molar-refractivity contribution in [2.75, 3.05) is 23.3 Å². The summed E-state index contributed by atoms with van der Waals surface area (Å²) in [5, 5.41) is 3.25. The Hall–Kier alpha value is -3.80. The van der Waals surface area contributed by atoms with Crippen molar-refractivity contribution < 1.29 is 14.0 Å². The molecule has 0 aliphatic carbocycles. The Balaban J connectivity index is 1.49. The van der Waals surface area contributed by atoms with E-state index in [2.05, 4.69) is 22.3 Å². The highest BCUT2D eigenvalue weighted by atomic mass is 16.3. The average Bonchev–Trinajstić information content (AvgIpc) is 3.57. The number of benzene rings is 2. The van der Waals surface area contributed by atoms with Gasteiger partial charge in [-0.2, -0.15) is 0 Å². The van der Waals surface area contributed by atoms with Crippen molar-refractivity contribution in [1.82, 2.24) is 4.90 Å². The van der Waals surface area contributed by atoms with E-state index >= 15 is 0 Å². The van der Waals surface area contributed by atoms with Crippen molar-refractivity contribution >= 4 is 28.8 Å². The molecular formula is C27H27N3O3. The topological polar surface area (TPSA) is 65.8 Å². The molecule has 6 heteroatoms. The Kier molecular flexibility index (Phi) is 5.50. The van der Waals surface area contributed by atoms with Gasteiger partial charge >= 0.3 is 0 Å². The molecule has 2 aliphatic heterocycles. The number of aryl methyl sites for hydroxylation is 2. The van der Waals surface area contributed by atoms with E-state index in [1.165, 1.54) is 23.4 Å². The molecule has 0 radical (unpaired) electrons. The standard InChI is InChI=1S/C27H27N3O3/c1-18-7-8-20(16-19(18)2)24-25(27(32)30(26(24)31)17-23-6-5-15-33-23)28-21-9-11-22(12-10-21)29-13-3-4-14-29/h5-12,15-16,28H,3-4,13-14,17H2,1-2H3. The Bertz CT molecular complexity index is 1220. The van der Waals surface area contributed by atoms with Crippen molar-refractivity contribution in [2.45, 2.75) is 33.2 Å². The van der Waals surface area contributed by atoms with Crippen molar-refractivity contribution in [3.05, 3.63) is 89.0 Å². The summed E-state index contributed by atoms with van der Waals surface area (Å²) in [6.07, 6.45) is 3.97. The molecule has 168 valence electrons. The molecule has 5 rings (SSSR count). The second-order valence-corrected chi connectivity index (χ2v) is 8.69. The Morgan fingerprint density at radius 2 is 1.67 bits per heavy atom. The number of furan rings is 1. The van der Waals surface area contributed by atoms with Gasteiger partial charge in [0.25, 0.3) is 11.8 Å². The molecule has 0 bridgehead atoms. The van der Waals surface area contributed by atoms with E-state index in [-0.39, 0.29) is 18.4 Å². The van der Waals surface area contributed by atoms with Crippen LogP contribution in [0.2, 0.25) is 0 Å². The van der Waals surface area contributed by atoms with Crippen molar-refractivity contribution in [1.29, 1.82) is 0 Å². The number of anilines is 2. The molecule has 0 saturated carbocycles. The van der Waals surface area contributed by atoms with Gasteiger partial charge in [0.2, 0.25) is 0 Å². The first kappa shape index (κ1) is 21.1. The number of nitrogens with zero attached hydrogens (tertiary/aromatic N) is 2. The van der Waals surface area contributed by atoms with Crippen LogP contribution in [0.15, 0.2) is 71.0 Å². The fourth-order valence-electron chi connectivity index (χ4n) is 4.43. The zero-order valence-electron chi connectivity index (χ0n) is 18.9. The predicted octanol–water partition coefficient (Wildman–Crippen LogP) is 4.89. The van der Waals surface area contributed by atoms with E-state index in [1.54, 1.807) is 18.4 Å². The molecule has 0 unspecified atom stereocenters. The average molecular weight is 442 g/mol. The van der Waals surface area contributed by atoms with E-state index in [4.69, 9.17) is 4.42 Å². The zero-order valence-corrected chi connectivity index (χ0v) is 18.9. The highest BCUT2D eigenvalue weighted by Gasteiger charge is 2.39. The van der Waals surface area contributed by atoms with Crippen molar-refractivity contribution in [3.63, 3.8) is 0 Å². The van der Waals surface area contributed by atoms with Crippen molar-refractivity contribution in [2.24, 2.45) is 0 Å². The van der Waals surface area contributed by atoms with Crippen molar-refractivity contribution in [3.8, 4) is 0 Å². The fraction of sp³-hybridized carbons (Fsp3) is 0.259. The van der Waals surface area contributed by atoms with Crippen LogP contribution in [0.3, 0.4) is 0 Å². The molecule has 3 aromatic rings. The molecule has 6 nitrogen and oxygen atoms in total. The third kappa shape index (κ3) is 4.04. The van der Waals surface area contributed by atoms with Gasteiger partial charge in [-0.05, 0) is 79.8 Å². The SMILES string of the molecule is Cc1ccc(C2=C(Nc3ccc(N4CCCC4)cc3)C(=O)N(Cc3ccco3)C2=O)cc1C. The summed E-state index contributed by atoms with van der Waals surface area (Å²) in [6, 6.07) is 17.4. The summed E-state index contributed by atoms with van der Waals surface area (Å²) in [6.45, 7) is 6.27. The Labute approximate surface area is 193 Å². The second-order valence-electron chi connectivity index (χ2n) is 8.69. The zero-order chi connectivity index (χ0) is 22.9. The summed E-state index contributed by atoms with van der Waals surface area (Å²) in [5.41, 5.74) is 5.57. The molecule has 1 fully saturated rings. The van der Waals surface area contributed by atoms with Gasteiger partial charge in [0.15, 0.2) is 0 Å². The van der Waals surface area contributed by atoms with Crippen LogP contribution in [0.4, 0.5) is 11.4 Å². The molecule has 2 aliphatic rings. The Morgan fingerprint density at radius 1 is 0.909 bits per heavy atom. The second kappa shape index (κ2) is 8.62. The highest BCUT2D eigenvalue weighted by Crippen LogP contribution is 2.33. The highest BCUT2D eigenvalue weighted by molar-refractivity contribution is 6.36. The molecule has 0 spiro atoms. The number of amides is 2. The minimum Gasteiger partial charge on any atom is -0.467 e. The van der Waals surface area contributed by atoms with Gasteiger partial charge in [-0.3, -0.25) is 14.5 Å². The third-order valence-electron chi connectivity index (χ3n) is 6.47. The maximum atomic E-state index is 13.4. The number of hydrogen-bond donors (Lipinski definition) is 1. The largest absolute Gasteiger partial charge is 0.467 e. The lowest BCUT2D eigenvalue weighted by atomic mass is 9.99. The maximum Gasteiger partial charge on any atom is 0.278 e. The summed E-state index contributed by atoms with van der Waals surface area (Å²) < 4.78 is 5.39. The van der Waals surface area contributed by atoms with Gasteiger partial charge in [0, 0.05) is 24.5 Å². The van der Waals surface area contributed by atoms with Crippen LogP contribution in [0.25, 0.3) is 5.57 Å². The molecule has 1 saturated heterocycles. The number of imide groups is 1. The van der Waals surface area contributed by atoms with Crippen LogP contribution in [0.1, 0.15) is 35.3 Å². The molecule has 33 heavy (non-hydrogen) atoms. The lowest BCUT2D eigenvalue weighted by Gasteiger charge is -2.18. The van der Waals surface area contributed by atoms with E-state index < -0.39 is 0 Å². The summed E-state index contributed by atoms with van der Waals surface area (Å²) >= 11 is 0. The normalized spacial score (nSPS) is 16.3. The number of rotatable bonds is 6. The molecular weight excluding hydrogens is 414 g/mol. The van der Waals surface area contributed by atoms with Gasteiger partial charge in [-0.25, -0.2) is 0 Å². The third-order valence-corrected chi connectivity index (χ3v) is 6.47. The van der Waals surface area contributed by atoms with Gasteiger partial charge in [-0.1, -0.05) is 18.2 Å². The number of carbonyl (C=O) groups excluding carboxylic acids is 2. The fourth-order valence-corrected chi connectivity index (χ4v) is 4.43. The van der Waals surface area contributed by atoms with Crippen LogP contribution in [-0.2, 0) is 16.1 Å². The van der Waals surface area contributed by atoms with Gasteiger partial charge < -0.3 is 14.6 Å². The molecule has 3 heterocycles. The van der Waals surface area contributed by atoms with E-state index in [9.17, 15) is 9.59 Å². The van der Waals surface area contributed by atoms with Crippen LogP contribution in [0, 0.1) is 13.8 Å². The van der Waals surface area contributed by atoms with Gasteiger partial charge in [0.05, 0.1) is 18.4 Å². The minimum atomic E-state index is -0.353. The van der Waals surface area contributed by atoms with Crippen LogP contribution < -0.4 is 10.2 Å². The van der Waals surface area contributed by atoms with Crippen LogP contribution in [-0.4, -0.2) is 29.8 Å². The quantitative estimate of drug-likeness (QED) is 0.552. The van der Waals surface area contributed by atoms with Gasteiger partial charge in [-0.15, -0.1) is 0 Å². The first-order chi connectivity index (χ1) is 16.0. The van der Waals surface area contributed by atoms with Gasteiger partial charge in [0.1, 0.15) is 11.5 Å². The lowest BCUT2D eigenvalue weighted by Crippen LogP contribution is -2.31. The molecule has 0 atom stereocenters. The smallest absolute Gasteiger partial charge is 0.278 e. The summed E-state index contributed by atoms with van der Waals surface area (Å²) in [7, 11) is 0. The number of hydrogen-bond acceptors (Lipinski definition) is 5. The number of nitrogens with one attached hydrogen (secondary N) is 1. The first-order valence-corrected chi connectivity index (χ1v) is 11.3. The van der Waals surface area contributed by atoms with E-state index in [0.717, 1.165) is 35.5 Å². The van der Waals surface area contributed by atoms with E-state index in [1.807, 2.05) is 44.2 Å². The summed E-state index contributed by atoms with van der Waals surface area (Å²) in [4.78, 5) is 30.4. The molecule has 2 amide bonds. The Morgan fingerprint density at radius 3 is 2.33 bits per heavy atom. The van der Waals surface area contributed by atoms with Crippen LogP contribution in [0.5, 0.6) is 0 Å². The molecule has 1 aromatic heterocycles. The predicted molar refractivity (Wildman–Crippen MR) is 129 cm³/mol. The van der Waals surface area contributed by atoms with E-state index in [0.29, 0.717) is 17.0 Å². The first-order valence-electron chi connectivity index (χ1n) is 11.3. The monoisotopic (exact) mass is 441 g/mol.